The van der Waals surface area contributed by atoms with Gasteiger partial charge in [-0.05, 0) is 30.3 Å². The van der Waals surface area contributed by atoms with Crippen LogP contribution >= 0.6 is 0 Å². The van der Waals surface area contributed by atoms with Gasteiger partial charge in [-0.15, -0.1) is 0 Å². The minimum absolute atomic E-state index is 0.127. The second-order valence-corrected chi connectivity index (χ2v) is 3.59. The summed E-state index contributed by atoms with van der Waals surface area (Å²) in [6.45, 7) is 0. The molecule has 0 spiro atoms. The topological polar surface area (TPSA) is 52.3 Å². The van der Waals surface area contributed by atoms with Gasteiger partial charge in [0.25, 0.3) is 0 Å². The molecule has 0 aliphatic rings. The van der Waals surface area contributed by atoms with Gasteiger partial charge in [0, 0.05) is 17.3 Å². The lowest BCUT2D eigenvalue weighted by Crippen LogP contribution is -1.95. The molecule has 0 heterocycles. The van der Waals surface area contributed by atoms with E-state index in [1.807, 2.05) is 0 Å². The van der Waals surface area contributed by atoms with Crippen molar-refractivity contribution in [2.75, 3.05) is 5.73 Å². The van der Waals surface area contributed by atoms with Crippen LogP contribution in [0.2, 0.25) is 0 Å². The van der Waals surface area contributed by atoms with Crippen LogP contribution in [0.4, 0.5) is 14.5 Å². The molecule has 0 saturated carbocycles. The Labute approximate surface area is 102 Å². The molecule has 0 aliphatic heterocycles. The van der Waals surface area contributed by atoms with Crippen LogP contribution in [-0.4, -0.2) is 6.29 Å². The van der Waals surface area contributed by atoms with Gasteiger partial charge in [-0.2, -0.15) is 0 Å². The molecule has 2 N–H and O–H groups in total. The minimum Gasteiger partial charge on any atom is -0.454 e. The summed E-state index contributed by atoms with van der Waals surface area (Å²) in [4.78, 5) is 10.7. The molecule has 0 saturated heterocycles. The van der Waals surface area contributed by atoms with E-state index >= 15 is 0 Å². The van der Waals surface area contributed by atoms with E-state index < -0.39 is 11.6 Å². The molecule has 18 heavy (non-hydrogen) atoms. The predicted molar refractivity (Wildman–Crippen MR) is 62.7 cm³/mol. The van der Waals surface area contributed by atoms with E-state index in [-0.39, 0.29) is 17.1 Å². The van der Waals surface area contributed by atoms with E-state index in [2.05, 4.69) is 0 Å². The number of benzene rings is 2. The average Bonchev–Trinajstić information content (AvgIpc) is 2.35. The molecule has 5 heteroatoms. The molecule has 0 aromatic heterocycles. The Morgan fingerprint density at radius 2 is 1.89 bits per heavy atom. The molecule has 2 aromatic rings. The van der Waals surface area contributed by atoms with Crippen molar-refractivity contribution in [3.05, 3.63) is 53.6 Å². The summed E-state index contributed by atoms with van der Waals surface area (Å²) >= 11 is 0. The van der Waals surface area contributed by atoms with Gasteiger partial charge in [0.15, 0.2) is 17.9 Å². The number of nitrogen functional groups attached to an aromatic ring is 1. The molecule has 0 bridgehead atoms. The first-order chi connectivity index (χ1) is 8.60. The van der Waals surface area contributed by atoms with Gasteiger partial charge in [0.2, 0.25) is 0 Å². The van der Waals surface area contributed by atoms with Crippen molar-refractivity contribution >= 4 is 12.0 Å². The van der Waals surface area contributed by atoms with Gasteiger partial charge in [0.1, 0.15) is 11.6 Å². The number of halogens is 2. The zero-order valence-electron chi connectivity index (χ0n) is 9.19. The Bertz CT molecular complexity index is 600. The van der Waals surface area contributed by atoms with Crippen molar-refractivity contribution in [3.8, 4) is 11.5 Å². The zero-order valence-corrected chi connectivity index (χ0v) is 9.19. The molecule has 0 aliphatic carbocycles. The van der Waals surface area contributed by atoms with Gasteiger partial charge in [-0.3, -0.25) is 4.79 Å². The van der Waals surface area contributed by atoms with Crippen molar-refractivity contribution in [3.63, 3.8) is 0 Å². The first kappa shape index (κ1) is 12.0. The van der Waals surface area contributed by atoms with Gasteiger partial charge in [-0.25, -0.2) is 8.78 Å². The second kappa shape index (κ2) is 4.83. The fourth-order valence-corrected chi connectivity index (χ4v) is 1.40. The van der Waals surface area contributed by atoms with Gasteiger partial charge in [-0.1, -0.05) is 0 Å². The zero-order chi connectivity index (χ0) is 13.1. The summed E-state index contributed by atoms with van der Waals surface area (Å²) in [5.41, 5.74) is 6.08. The molecular formula is C13H9F2NO2. The third kappa shape index (κ3) is 2.45. The van der Waals surface area contributed by atoms with Crippen molar-refractivity contribution in [2.24, 2.45) is 0 Å². The molecule has 92 valence electrons. The highest BCUT2D eigenvalue weighted by molar-refractivity contribution is 5.83. The number of hydrogen-bond donors (Lipinski definition) is 1. The molecule has 2 aromatic carbocycles. The minimum atomic E-state index is -0.820. The van der Waals surface area contributed by atoms with E-state index in [1.54, 1.807) is 0 Å². The maximum atomic E-state index is 13.3. The number of hydrogen-bond acceptors (Lipinski definition) is 3. The van der Waals surface area contributed by atoms with Gasteiger partial charge >= 0.3 is 0 Å². The van der Waals surface area contributed by atoms with Crippen molar-refractivity contribution in [1.82, 2.24) is 0 Å². The Balaban J connectivity index is 2.31. The third-order valence-corrected chi connectivity index (χ3v) is 2.31. The standard InChI is InChI=1S/C13H9F2NO2/c14-9-1-4-13(11(15)6-9)18-10-2-3-12(16)8(5-10)7-17/h1-7H,16H2. The van der Waals surface area contributed by atoms with E-state index in [0.29, 0.717) is 18.0 Å². The van der Waals surface area contributed by atoms with Crippen LogP contribution in [0, 0.1) is 11.6 Å². The van der Waals surface area contributed by atoms with Gasteiger partial charge < -0.3 is 10.5 Å². The van der Waals surface area contributed by atoms with Crippen LogP contribution in [0.25, 0.3) is 0 Å². The number of anilines is 1. The lowest BCUT2D eigenvalue weighted by Gasteiger charge is -2.08. The highest BCUT2D eigenvalue weighted by Gasteiger charge is 2.07. The van der Waals surface area contributed by atoms with Crippen molar-refractivity contribution in [1.29, 1.82) is 0 Å². The lowest BCUT2D eigenvalue weighted by molar-refractivity contribution is 0.112. The molecule has 0 atom stereocenters. The molecule has 2 rings (SSSR count). The average molecular weight is 249 g/mol. The number of aldehydes is 1. The largest absolute Gasteiger partial charge is 0.454 e. The van der Waals surface area contributed by atoms with Crippen LogP contribution < -0.4 is 10.5 Å². The summed E-state index contributed by atoms with van der Waals surface area (Å²) in [7, 11) is 0. The van der Waals surface area contributed by atoms with E-state index in [0.717, 1.165) is 6.07 Å². The summed E-state index contributed by atoms with van der Waals surface area (Å²) in [5, 5.41) is 0. The molecule has 0 unspecified atom stereocenters. The molecule has 0 fully saturated rings. The van der Waals surface area contributed by atoms with Gasteiger partial charge in [0.05, 0.1) is 0 Å². The predicted octanol–water partition coefficient (Wildman–Crippen LogP) is 3.15. The SMILES string of the molecule is Nc1ccc(Oc2ccc(F)cc2F)cc1C=O. The van der Waals surface area contributed by atoms with Crippen LogP contribution in [0.5, 0.6) is 11.5 Å². The number of nitrogens with two attached hydrogens (primary N) is 1. The highest BCUT2D eigenvalue weighted by atomic mass is 19.1. The van der Waals surface area contributed by atoms with E-state index in [1.165, 1.54) is 24.3 Å². The first-order valence-electron chi connectivity index (χ1n) is 5.08. The Hall–Kier alpha value is -2.43. The third-order valence-electron chi connectivity index (χ3n) is 2.31. The summed E-state index contributed by atoms with van der Waals surface area (Å²) in [5.74, 6) is -1.39. The smallest absolute Gasteiger partial charge is 0.168 e. The van der Waals surface area contributed by atoms with E-state index in [9.17, 15) is 13.6 Å². The fraction of sp³-hybridized carbons (Fsp3) is 0. The van der Waals surface area contributed by atoms with Crippen molar-refractivity contribution < 1.29 is 18.3 Å². The number of ether oxygens (including phenoxy) is 1. The summed E-state index contributed by atoms with van der Waals surface area (Å²) in [6, 6.07) is 7.31. The fourth-order valence-electron chi connectivity index (χ4n) is 1.40. The van der Waals surface area contributed by atoms with Crippen LogP contribution in [0.15, 0.2) is 36.4 Å². The maximum Gasteiger partial charge on any atom is 0.168 e. The first-order valence-corrected chi connectivity index (χ1v) is 5.08. The van der Waals surface area contributed by atoms with Crippen LogP contribution in [-0.2, 0) is 0 Å². The quantitative estimate of drug-likeness (QED) is 0.671. The number of carbonyl (C=O) groups excluding carboxylic acids is 1. The summed E-state index contributed by atoms with van der Waals surface area (Å²) in [6.07, 6.45) is 0.573. The molecule has 0 radical (unpaired) electrons. The maximum absolute atomic E-state index is 13.3. The Morgan fingerprint density at radius 1 is 1.11 bits per heavy atom. The number of rotatable bonds is 3. The van der Waals surface area contributed by atoms with Crippen molar-refractivity contribution in [2.45, 2.75) is 0 Å². The molecule has 3 nitrogen and oxygen atoms in total. The van der Waals surface area contributed by atoms with Crippen LogP contribution in [0.1, 0.15) is 10.4 Å². The Kier molecular flexibility index (Phi) is 3.23. The normalized spacial score (nSPS) is 10.1. The van der Waals surface area contributed by atoms with Crippen LogP contribution in [0.3, 0.4) is 0 Å². The monoisotopic (exact) mass is 249 g/mol. The highest BCUT2D eigenvalue weighted by Crippen LogP contribution is 2.26. The second-order valence-electron chi connectivity index (χ2n) is 3.59. The Morgan fingerprint density at radius 3 is 2.56 bits per heavy atom. The lowest BCUT2D eigenvalue weighted by atomic mass is 10.2. The summed E-state index contributed by atoms with van der Waals surface area (Å²) < 4.78 is 31.2. The molecule has 0 amide bonds. The van der Waals surface area contributed by atoms with E-state index in [4.69, 9.17) is 10.5 Å². The number of carbonyl (C=O) groups is 1. The molecular weight excluding hydrogens is 240 g/mol.